The molecule has 1 N–H and O–H groups in total. The van der Waals surface area contributed by atoms with Gasteiger partial charge in [-0.15, -0.1) is 10.2 Å². The Morgan fingerprint density at radius 3 is 2.67 bits per heavy atom. The first kappa shape index (κ1) is 12.0. The molecule has 0 aliphatic heterocycles. The summed E-state index contributed by atoms with van der Waals surface area (Å²) in [4.78, 5) is 0. The molecule has 0 atom stereocenters. The van der Waals surface area contributed by atoms with Crippen LogP contribution in [0.25, 0.3) is 11.6 Å². The minimum atomic E-state index is 0.573. The Bertz CT molecular complexity index is 551. The SMILES string of the molecule is C\C(=C/C=C\C=C\c1nn[nH]n1)c1ccccc1. The molecule has 0 spiro atoms. The van der Waals surface area contributed by atoms with E-state index >= 15 is 0 Å². The second-order valence-electron chi connectivity index (χ2n) is 3.73. The van der Waals surface area contributed by atoms with Gasteiger partial charge in [-0.3, -0.25) is 0 Å². The topological polar surface area (TPSA) is 54.5 Å². The van der Waals surface area contributed by atoms with Crippen molar-refractivity contribution >= 4 is 11.6 Å². The highest BCUT2D eigenvalue weighted by atomic mass is 15.5. The fraction of sp³-hybridized carbons (Fsp3) is 0.0714. The van der Waals surface area contributed by atoms with Crippen molar-refractivity contribution in [1.82, 2.24) is 20.6 Å². The Labute approximate surface area is 106 Å². The van der Waals surface area contributed by atoms with Gasteiger partial charge in [0.25, 0.3) is 0 Å². The minimum absolute atomic E-state index is 0.573. The van der Waals surface area contributed by atoms with Gasteiger partial charge in [0, 0.05) is 0 Å². The van der Waals surface area contributed by atoms with Crippen LogP contribution in [0, 0.1) is 0 Å². The number of hydrogen-bond donors (Lipinski definition) is 1. The third-order valence-electron chi connectivity index (χ3n) is 2.40. The van der Waals surface area contributed by atoms with Gasteiger partial charge in [-0.05, 0) is 29.3 Å². The molecule has 0 radical (unpaired) electrons. The molecule has 18 heavy (non-hydrogen) atoms. The number of aromatic amines is 1. The molecule has 4 nitrogen and oxygen atoms in total. The fourth-order valence-electron chi connectivity index (χ4n) is 1.44. The highest BCUT2D eigenvalue weighted by Crippen LogP contribution is 2.12. The molecule has 0 unspecified atom stereocenters. The molecule has 0 saturated heterocycles. The van der Waals surface area contributed by atoms with Gasteiger partial charge in [-0.25, -0.2) is 0 Å². The van der Waals surface area contributed by atoms with Gasteiger partial charge < -0.3 is 0 Å². The van der Waals surface area contributed by atoms with E-state index < -0.39 is 0 Å². The second kappa shape index (κ2) is 6.30. The van der Waals surface area contributed by atoms with E-state index in [2.05, 4.69) is 45.8 Å². The van der Waals surface area contributed by atoms with Gasteiger partial charge >= 0.3 is 0 Å². The maximum atomic E-state index is 3.81. The lowest BCUT2D eigenvalue weighted by atomic mass is 10.1. The average Bonchev–Trinajstić information content (AvgIpc) is 2.92. The molecular formula is C14H14N4. The van der Waals surface area contributed by atoms with E-state index in [0.717, 1.165) is 0 Å². The highest BCUT2D eigenvalue weighted by molar-refractivity contribution is 5.65. The lowest BCUT2D eigenvalue weighted by Gasteiger charge is -1.97. The van der Waals surface area contributed by atoms with E-state index in [1.807, 2.05) is 36.4 Å². The first-order valence-electron chi connectivity index (χ1n) is 5.67. The number of tetrazole rings is 1. The zero-order chi connectivity index (χ0) is 12.6. The van der Waals surface area contributed by atoms with Crippen molar-refractivity contribution in [3.63, 3.8) is 0 Å². The Morgan fingerprint density at radius 1 is 1.11 bits per heavy atom. The third-order valence-corrected chi connectivity index (χ3v) is 2.40. The largest absolute Gasteiger partial charge is 0.197 e. The molecular weight excluding hydrogens is 224 g/mol. The molecule has 90 valence electrons. The molecule has 0 fully saturated rings. The Hall–Kier alpha value is -2.49. The van der Waals surface area contributed by atoms with Crippen molar-refractivity contribution < 1.29 is 0 Å². The summed E-state index contributed by atoms with van der Waals surface area (Å²) >= 11 is 0. The standard InChI is InChI=1S/C14H14N4/c1-12(13-9-5-3-6-10-13)8-4-2-7-11-14-15-17-18-16-14/h2-11H,1H3,(H,15,16,17,18)/b4-2-,11-7+,12-8+. The van der Waals surface area contributed by atoms with Crippen molar-refractivity contribution in [3.05, 3.63) is 66.0 Å². The molecule has 0 aliphatic carbocycles. The van der Waals surface area contributed by atoms with Crippen LogP contribution in [0.2, 0.25) is 0 Å². The summed E-state index contributed by atoms with van der Waals surface area (Å²) in [6.45, 7) is 2.09. The minimum Gasteiger partial charge on any atom is -0.177 e. The van der Waals surface area contributed by atoms with Crippen molar-refractivity contribution in [1.29, 1.82) is 0 Å². The van der Waals surface area contributed by atoms with Gasteiger partial charge in [0.15, 0.2) is 5.82 Å². The molecule has 0 aliphatic rings. The van der Waals surface area contributed by atoms with Crippen LogP contribution in [0.15, 0.2) is 54.6 Å². The number of rotatable bonds is 4. The van der Waals surface area contributed by atoms with Crippen LogP contribution in [-0.4, -0.2) is 20.6 Å². The summed E-state index contributed by atoms with van der Waals surface area (Å²) in [6.07, 6.45) is 9.64. The van der Waals surface area contributed by atoms with E-state index in [4.69, 9.17) is 0 Å². The van der Waals surface area contributed by atoms with Gasteiger partial charge in [0.1, 0.15) is 0 Å². The number of nitrogens with one attached hydrogen (secondary N) is 1. The molecule has 1 aromatic heterocycles. The molecule has 0 saturated carbocycles. The highest BCUT2D eigenvalue weighted by Gasteiger charge is 1.90. The summed E-state index contributed by atoms with van der Waals surface area (Å²) < 4.78 is 0. The van der Waals surface area contributed by atoms with Crippen molar-refractivity contribution in [3.8, 4) is 0 Å². The molecule has 4 heteroatoms. The third kappa shape index (κ3) is 3.52. The first-order valence-corrected chi connectivity index (χ1v) is 5.67. The number of H-pyrrole nitrogens is 1. The normalized spacial score (nSPS) is 12.6. The van der Waals surface area contributed by atoms with Crippen LogP contribution >= 0.6 is 0 Å². The first-order chi connectivity index (χ1) is 8.86. The van der Waals surface area contributed by atoms with Crippen LogP contribution in [0.5, 0.6) is 0 Å². The van der Waals surface area contributed by atoms with E-state index in [9.17, 15) is 0 Å². The van der Waals surface area contributed by atoms with Crippen molar-refractivity contribution in [2.45, 2.75) is 6.92 Å². The molecule has 1 heterocycles. The number of allylic oxidation sites excluding steroid dienone is 5. The smallest absolute Gasteiger partial charge is 0.177 e. The van der Waals surface area contributed by atoms with E-state index in [1.165, 1.54) is 11.1 Å². The quantitative estimate of drug-likeness (QED) is 0.833. The zero-order valence-corrected chi connectivity index (χ0v) is 10.1. The number of nitrogens with zero attached hydrogens (tertiary/aromatic N) is 3. The second-order valence-corrected chi connectivity index (χ2v) is 3.73. The van der Waals surface area contributed by atoms with Gasteiger partial charge in [0.2, 0.25) is 0 Å². The molecule has 2 aromatic rings. The number of aromatic nitrogens is 4. The maximum absolute atomic E-state index is 3.81. The van der Waals surface area contributed by atoms with Crippen LogP contribution in [0.4, 0.5) is 0 Å². The lowest BCUT2D eigenvalue weighted by Crippen LogP contribution is -1.76. The van der Waals surface area contributed by atoms with Crippen LogP contribution < -0.4 is 0 Å². The van der Waals surface area contributed by atoms with Gasteiger partial charge in [-0.1, -0.05) is 54.6 Å². The van der Waals surface area contributed by atoms with E-state index in [-0.39, 0.29) is 0 Å². The van der Waals surface area contributed by atoms with Crippen LogP contribution in [0.3, 0.4) is 0 Å². The van der Waals surface area contributed by atoms with Crippen molar-refractivity contribution in [2.24, 2.45) is 0 Å². The predicted octanol–water partition coefficient (Wildman–Crippen LogP) is 2.87. The van der Waals surface area contributed by atoms with Crippen LogP contribution in [0.1, 0.15) is 18.3 Å². The van der Waals surface area contributed by atoms with E-state index in [0.29, 0.717) is 5.82 Å². The Kier molecular flexibility index (Phi) is 4.19. The number of benzene rings is 1. The van der Waals surface area contributed by atoms with Gasteiger partial charge in [-0.2, -0.15) is 5.21 Å². The summed E-state index contributed by atoms with van der Waals surface area (Å²) in [5.41, 5.74) is 2.45. The fourth-order valence-corrected chi connectivity index (χ4v) is 1.44. The monoisotopic (exact) mass is 238 g/mol. The molecule has 0 bridgehead atoms. The Morgan fingerprint density at radius 2 is 1.94 bits per heavy atom. The summed E-state index contributed by atoms with van der Waals surface area (Å²) in [7, 11) is 0. The van der Waals surface area contributed by atoms with Crippen LogP contribution in [-0.2, 0) is 0 Å². The summed E-state index contributed by atoms with van der Waals surface area (Å²) in [6, 6.07) is 10.3. The van der Waals surface area contributed by atoms with E-state index in [1.54, 1.807) is 6.08 Å². The summed E-state index contributed by atoms with van der Waals surface area (Å²) in [5, 5.41) is 13.5. The van der Waals surface area contributed by atoms with Crippen molar-refractivity contribution in [2.75, 3.05) is 0 Å². The average molecular weight is 238 g/mol. The van der Waals surface area contributed by atoms with Gasteiger partial charge in [0.05, 0.1) is 0 Å². The zero-order valence-electron chi connectivity index (χ0n) is 10.1. The predicted molar refractivity (Wildman–Crippen MR) is 72.4 cm³/mol. The lowest BCUT2D eigenvalue weighted by molar-refractivity contribution is 0.881. The molecule has 0 amide bonds. The molecule has 1 aromatic carbocycles. The maximum Gasteiger partial charge on any atom is 0.197 e. The number of hydrogen-bond acceptors (Lipinski definition) is 3. The Balaban J connectivity index is 1.94. The molecule has 2 rings (SSSR count). The summed E-state index contributed by atoms with van der Waals surface area (Å²) in [5.74, 6) is 0.573.